The molecular formula is C54H78N4O3. The molecule has 332 valence electrons. The number of carbonyl (C=O) groups excluding carboxylic acids is 3. The molecule has 2 aromatic rings. The third-order valence-electron chi connectivity index (χ3n) is 14.2. The number of aryl methyl sites for hydroxylation is 1. The van der Waals surface area contributed by atoms with E-state index in [0.717, 1.165) is 68.7 Å². The van der Waals surface area contributed by atoms with Gasteiger partial charge in [-0.3, -0.25) is 14.4 Å². The van der Waals surface area contributed by atoms with E-state index in [4.69, 9.17) is 0 Å². The maximum atomic E-state index is 13.6. The first-order valence-electron chi connectivity index (χ1n) is 23.9. The summed E-state index contributed by atoms with van der Waals surface area (Å²) in [5, 5.41) is 0. The summed E-state index contributed by atoms with van der Waals surface area (Å²) in [5.41, 5.74) is 9.72. The minimum absolute atomic E-state index is 0.174. The molecule has 3 aliphatic rings. The fourth-order valence-electron chi connectivity index (χ4n) is 10.1. The predicted octanol–water partition coefficient (Wildman–Crippen LogP) is 11.4. The van der Waals surface area contributed by atoms with Crippen molar-refractivity contribution in [3.8, 4) is 0 Å². The Morgan fingerprint density at radius 3 is 2.16 bits per heavy atom. The van der Waals surface area contributed by atoms with Gasteiger partial charge in [0.15, 0.2) is 6.29 Å². The van der Waals surface area contributed by atoms with Crippen LogP contribution in [-0.4, -0.2) is 98.1 Å². The number of hydrogen-bond acceptors (Lipinski definition) is 6. The van der Waals surface area contributed by atoms with E-state index in [-0.39, 0.29) is 17.7 Å². The molecule has 5 rings (SSSR count). The monoisotopic (exact) mass is 831 g/mol. The summed E-state index contributed by atoms with van der Waals surface area (Å²) in [4.78, 5) is 47.3. The number of rotatable bonds is 21. The van der Waals surface area contributed by atoms with Gasteiger partial charge in [-0.05, 0) is 175 Å². The van der Waals surface area contributed by atoms with E-state index in [2.05, 4.69) is 79.0 Å². The SMILES string of the molecule is C=C/C=C(C)\C(=C/CCC)c1ccc(C2CCN(CCC3CCN(CC4CCN(c5ccc(C(=O)N(C)C(CCC(=O)CC)C(=C)C)c(C=O)c5)CC4)CC3)CC2)cc1CC. The highest BCUT2D eigenvalue weighted by molar-refractivity contribution is 6.02. The molecule has 0 radical (unpaired) electrons. The first-order chi connectivity index (χ1) is 29.5. The fraction of sp³-hybridized carbons (Fsp3) is 0.574. The minimum Gasteiger partial charge on any atom is -0.371 e. The van der Waals surface area contributed by atoms with Gasteiger partial charge in [0, 0.05) is 50.8 Å². The molecule has 1 unspecified atom stereocenters. The first kappa shape index (κ1) is 48.0. The van der Waals surface area contributed by atoms with Crippen molar-refractivity contribution in [2.24, 2.45) is 11.8 Å². The molecule has 0 N–H and O–H groups in total. The van der Waals surface area contributed by atoms with Crippen molar-refractivity contribution in [1.82, 2.24) is 14.7 Å². The van der Waals surface area contributed by atoms with Gasteiger partial charge in [-0.2, -0.15) is 0 Å². The molecule has 61 heavy (non-hydrogen) atoms. The second-order valence-corrected chi connectivity index (χ2v) is 18.4. The first-order valence-corrected chi connectivity index (χ1v) is 23.9. The largest absolute Gasteiger partial charge is 0.371 e. The Hall–Kier alpha value is -4.07. The summed E-state index contributed by atoms with van der Waals surface area (Å²) < 4.78 is 0. The molecule has 0 bridgehead atoms. The van der Waals surface area contributed by atoms with Gasteiger partial charge in [-0.15, -0.1) is 0 Å². The zero-order valence-corrected chi connectivity index (χ0v) is 38.9. The number of nitrogens with zero attached hydrogens (tertiary/aromatic N) is 4. The molecule has 3 saturated heterocycles. The molecule has 0 spiro atoms. The van der Waals surface area contributed by atoms with Crippen LogP contribution in [0.5, 0.6) is 0 Å². The van der Waals surface area contributed by atoms with Crippen LogP contribution in [0.4, 0.5) is 5.69 Å². The number of unbranched alkanes of at least 4 members (excludes halogenated alkanes) is 1. The molecule has 0 saturated carbocycles. The van der Waals surface area contributed by atoms with Crippen LogP contribution in [0.25, 0.3) is 5.57 Å². The van der Waals surface area contributed by atoms with Crippen LogP contribution in [-0.2, 0) is 11.2 Å². The summed E-state index contributed by atoms with van der Waals surface area (Å²) in [6, 6.07) is 12.8. The number of allylic oxidation sites excluding steroid dienone is 5. The zero-order chi connectivity index (χ0) is 43.9. The lowest BCUT2D eigenvalue weighted by Crippen LogP contribution is -2.42. The van der Waals surface area contributed by atoms with Crippen molar-refractivity contribution in [1.29, 1.82) is 0 Å². The van der Waals surface area contributed by atoms with Crippen molar-refractivity contribution in [3.63, 3.8) is 0 Å². The molecule has 1 amide bonds. The highest BCUT2D eigenvalue weighted by atomic mass is 16.2. The standard InChI is InChI=1S/C54H78N4O3/c1-9-13-15-50(41(7)14-10-2)51-19-16-46(36-44(51)11-3)45-27-32-56(33-28-45)29-22-42-23-30-57(31-24-42)38-43-25-34-58(35-26-43)48-17-20-52(47(37-48)39-59)54(61)55(8)53(40(5)6)21-18-49(60)12-4/h10,14-17,19-20,36-37,39,42-43,45,53H,2,5,9,11-13,18,21-35,38H2,1,3-4,6-8H3/b41-14-,50-15+. The second kappa shape index (κ2) is 24.0. The van der Waals surface area contributed by atoms with Crippen LogP contribution in [0, 0.1) is 11.8 Å². The average Bonchev–Trinajstić information content (AvgIpc) is 3.28. The quantitative estimate of drug-likeness (QED) is 0.0709. The normalized spacial score (nSPS) is 18.6. The van der Waals surface area contributed by atoms with E-state index in [1.165, 1.54) is 99.2 Å². The summed E-state index contributed by atoms with van der Waals surface area (Å²) in [6.45, 7) is 27.7. The molecule has 3 aliphatic heterocycles. The van der Waals surface area contributed by atoms with Crippen molar-refractivity contribution in [3.05, 3.63) is 107 Å². The Labute approximate surface area is 370 Å². The van der Waals surface area contributed by atoms with Crippen LogP contribution in [0.3, 0.4) is 0 Å². The highest BCUT2D eigenvalue weighted by Gasteiger charge is 2.28. The number of piperidine rings is 3. The average molecular weight is 831 g/mol. The van der Waals surface area contributed by atoms with Gasteiger partial charge in [0.25, 0.3) is 5.91 Å². The van der Waals surface area contributed by atoms with E-state index >= 15 is 0 Å². The van der Waals surface area contributed by atoms with Gasteiger partial charge in [0.2, 0.25) is 0 Å². The highest BCUT2D eigenvalue weighted by Crippen LogP contribution is 2.35. The van der Waals surface area contributed by atoms with Crippen molar-refractivity contribution >= 4 is 29.2 Å². The Morgan fingerprint density at radius 1 is 0.869 bits per heavy atom. The summed E-state index contributed by atoms with van der Waals surface area (Å²) in [5.74, 6) is 2.14. The van der Waals surface area contributed by atoms with Gasteiger partial charge in [0.1, 0.15) is 5.78 Å². The summed E-state index contributed by atoms with van der Waals surface area (Å²) in [6.07, 6.45) is 20.8. The number of carbonyl (C=O) groups is 3. The maximum absolute atomic E-state index is 13.6. The summed E-state index contributed by atoms with van der Waals surface area (Å²) >= 11 is 0. The fourth-order valence-corrected chi connectivity index (χ4v) is 10.1. The van der Waals surface area contributed by atoms with Crippen molar-refractivity contribution < 1.29 is 14.4 Å². The topological polar surface area (TPSA) is 64.2 Å². The molecule has 3 heterocycles. The van der Waals surface area contributed by atoms with E-state index in [0.29, 0.717) is 42.2 Å². The number of ketones is 1. The van der Waals surface area contributed by atoms with Crippen molar-refractivity contribution in [2.75, 3.05) is 64.3 Å². The Balaban J connectivity index is 1.02. The number of aldehydes is 1. The number of anilines is 1. The molecule has 7 nitrogen and oxygen atoms in total. The van der Waals surface area contributed by atoms with E-state index in [1.54, 1.807) is 18.0 Å². The lowest BCUT2D eigenvalue weighted by molar-refractivity contribution is -0.119. The minimum atomic E-state index is -0.257. The van der Waals surface area contributed by atoms with E-state index in [1.807, 2.05) is 32.1 Å². The number of likely N-dealkylation sites (N-methyl/N-ethyl adjacent to an activating group) is 1. The number of hydrogen-bond donors (Lipinski definition) is 0. The van der Waals surface area contributed by atoms with E-state index < -0.39 is 0 Å². The zero-order valence-electron chi connectivity index (χ0n) is 38.9. The Morgan fingerprint density at radius 2 is 1.54 bits per heavy atom. The Kier molecular flexibility index (Phi) is 18.8. The third-order valence-corrected chi connectivity index (χ3v) is 14.2. The van der Waals surface area contributed by atoms with E-state index in [9.17, 15) is 14.4 Å². The van der Waals surface area contributed by atoms with Gasteiger partial charge < -0.3 is 19.6 Å². The lowest BCUT2D eigenvalue weighted by Gasteiger charge is -2.39. The van der Waals surface area contributed by atoms with Gasteiger partial charge in [0.05, 0.1) is 11.6 Å². The second-order valence-electron chi connectivity index (χ2n) is 18.4. The van der Waals surface area contributed by atoms with Crippen LogP contribution in [0.1, 0.15) is 155 Å². The number of likely N-dealkylation sites (tertiary alicyclic amines) is 2. The van der Waals surface area contributed by atoms with Crippen LogP contribution in [0.15, 0.2) is 78.9 Å². The van der Waals surface area contributed by atoms with Crippen LogP contribution >= 0.6 is 0 Å². The molecular weight excluding hydrogens is 753 g/mol. The van der Waals surface area contributed by atoms with Gasteiger partial charge >= 0.3 is 0 Å². The summed E-state index contributed by atoms with van der Waals surface area (Å²) in [7, 11) is 1.74. The number of amides is 1. The van der Waals surface area contributed by atoms with Crippen LogP contribution in [0.2, 0.25) is 0 Å². The molecule has 1 atom stereocenters. The van der Waals surface area contributed by atoms with Crippen molar-refractivity contribution in [2.45, 2.75) is 130 Å². The lowest BCUT2D eigenvalue weighted by atomic mass is 9.84. The molecule has 3 fully saturated rings. The molecule has 7 heteroatoms. The molecule has 0 aliphatic carbocycles. The van der Waals surface area contributed by atoms with Crippen LogP contribution < -0.4 is 4.90 Å². The maximum Gasteiger partial charge on any atom is 0.254 e. The van der Waals surface area contributed by atoms with Gasteiger partial charge in [-0.1, -0.05) is 82.4 Å². The number of Topliss-reactive ketones (excluding diaryl/α,β-unsaturated/α-hetero) is 1. The van der Waals surface area contributed by atoms with Gasteiger partial charge in [-0.25, -0.2) is 0 Å². The predicted molar refractivity (Wildman–Crippen MR) is 257 cm³/mol. The number of benzene rings is 2. The molecule has 0 aromatic heterocycles. The Bertz CT molecular complexity index is 1850. The molecule has 2 aromatic carbocycles. The smallest absolute Gasteiger partial charge is 0.254 e. The third kappa shape index (κ3) is 13.2.